The highest BCUT2D eigenvalue weighted by Crippen LogP contribution is 2.49. The molecule has 0 bridgehead atoms. The third-order valence-electron chi connectivity index (χ3n) is 4.99. The van der Waals surface area contributed by atoms with Gasteiger partial charge in [0.25, 0.3) is 0 Å². The van der Waals surface area contributed by atoms with Crippen LogP contribution in [0.3, 0.4) is 0 Å². The van der Waals surface area contributed by atoms with Gasteiger partial charge in [-0.1, -0.05) is 44.2 Å². The summed E-state index contributed by atoms with van der Waals surface area (Å²) in [5.41, 5.74) is 3.95. The van der Waals surface area contributed by atoms with Gasteiger partial charge in [-0.05, 0) is 54.5 Å². The maximum atomic E-state index is 13.0. The molecule has 1 saturated carbocycles. The molecule has 0 spiro atoms. The minimum atomic E-state index is -0.386. The fourth-order valence-corrected chi connectivity index (χ4v) is 3.26. The van der Waals surface area contributed by atoms with E-state index in [1.165, 1.54) is 5.56 Å². The molecule has 0 atom stereocenters. The van der Waals surface area contributed by atoms with E-state index in [0.717, 1.165) is 35.4 Å². The molecule has 0 radical (unpaired) electrons. The van der Waals surface area contributed by atoms with E-state index in [9.17, 15) is 4.79 Å². The van der Waals surface area contributed by atoms with E-state index < -0.39 is 0 Å². The van der Waals surface area contributed by atoms with Gasteiger partial charge < -0.3 is 10.1 Å². The normalized spacial score (nSPS) is 15.2. The lowest BCUT2D eigenvalue weighted by atomic mass is 9.93. The molecular weight excluding hydrogens is 298 g/mol. The molecule has 0 aliphatic heterocycles. The molecule has 0 unspecified atom stereocenters. The smallest absolute Gasteiger partial charge is 0.235 e. The summed E-state index contributed by atoms with van der Waals surface area (Å²) in [4.78, 5) is 13.0. The van der Waals surface area contributed by atoms with Crippen LogP contribution < -0.4 is 10.1 Å². The number of benzene rings is 2. The van der Waals surface area contributed by atoms with Crippen LogP contribution in [0.1, 0.15) is 49.3 Å². The Morgan fingerprint density at radius 1 is 1.12 bits per heavy atom. The number of anilines is 1. The number of nitrogens with one attached hydrogen (secondary N) is 1. The molecule has 1 N–H and O–H groups in total. The lowest BCUT2D eigenvalue weighted by Gasteiger charge is -2.20. The zero-order valence-electron chi connectivity index (χ0n) is 14.8. The van der Waals surface area contributed by atoms with Gasteiger partial charge in [-0.2, -0.15) is 0 Å². The Labute approximate surface area is 144 Å². The second kappa shape index (κ2) is 6.31. The number of carbonyl (C=O) groups excluding carboxylic acids is 1. The van der Waals surface area contributed by atoms with Gasteiger partial charge in [0.15, 0.2) is 0 Å². The van der Waals surface area contributed by atoms with Crippen molar-refractivity contribution in [2.45, 2.75) is 44.9 Å². The first kappa shape index (κ1) is 16.6. The second-order valence-electron chi connectivity index (χ2n) is 6.96. The molecule has 24 heavy (non-hydrogen) atoms. The Balaban J connectivity index is 1.87. The molecule has 1 fully saturated rings. The largest absolute Gasteiger partial charge is 0.497 e. The predicted octanol–water partition coefficient (Wildman–Crippen LogP) is 4.80. The molecule has 1 aliphatic rings. The van der Waals surface area contributed by atoms with E-state index >= 15 is 0 Å². The Kier molecular flexibility index (Phi) is 4.35. The number of aryl methyl sites for hydroxylation is 1. The molecule has 2 aromatic rings. The van der Waals surface area contributed by atoms with E-state index in [-0.39, 0.29) is 11.3 Å². The van der Waals surface area contributed by atoms with Crippen molar-refractivity contribution in [1.29, 1.82) is 0 Å². The first-order chi connectivity index (χ1) is 11.5. The van der Waals surface area contributed by atoms with Crippen LogP contribution in [-0.2, 0) is 10.2 Å². The summed E-state index contributed by atoms with van der Waals surface area (Å²) < 4.78 is 5.22. The standard InChI is InChI=1S/C21H25NO2/c1-14(2)18-7-5-6-15(3)19(18)22-20(23)21(12-13-21)16-8-10-17(24-4)11-9-16/h5-11,14H,12-13H2,1-4H3,(H,22,23). The number of carbonyl (C=O) groups is 1. The van der Waals surface area contributed by atoms with Crippen LogP contribution in [0.25, 0.3) is 0 Å². The summed E-state index contributed by atoms with van der Waals surface area (Å²) >= 11 is 0. The van der Waals surface area contributed by atoms with E-state index in [1.54, 1.807) is 7.11 Å². The predicted molar refractivity (Wildman–Crippen MR) is 97.8 cm³/mol. The van der Waals surface area contributed by atoms with Gasteiger partial charge >= 0.3 is 0 Å². The van der Waals surface area contributed by atoms with Gasteiger partial charge in [0.2, 0.25) is 5.91 Å². The molecule has 3 rings (SSSR count). The van der Waals surface area contributed by atoms with E-state index in [0.29, 0.717) is 5.92 Å². The first-order valence-electron chi connectivity index (χ1n) is 8.53. The Morgan fingerprint density at radius 2 is 1.79 bits per heavy atom. The molecular formula is C21H25NO2. The summed E-state index contributed by atoms with van der Waals surface area (Å²) in [6.07, 6.45) is 1.79. The van der Waals surface area contributed by atoms with Crippen LogP contribution in [0.2, 0.25) is 0 Å². The van der Waals surface area contributed by atoms with Crippen molar-refractivity contribution < 1.29 is 9.53 Å². The molecule has 3 nitrogen and oxygen atoms in total. The molecule has 1 aliphatic carbocycles. The van der Waals surface area contributed by atoms with Crippen molar-refractivity contribution >= 4 is 11.6 Å². The van der Waals surface area contributed by atoms with Gasteiger partial charge in [0.1, 0.15) is 5.75 Å². The number of hydrogen-bond acceptors (Lipinski definition) is 2. The summed E-state index contributed by atoms with van der Waals surface area (Å²) in [5, 5.41) is 3.22. The zero-order valence-corrected chi connectivity index (χ0v) is 14.8. The van der Waals surface area contributed by atoms with Crippen LogP contribution in [0.5, 0.6) is 5.75 Å². The summed E-state index contributed by atoms with van der Waals surface area (Å²) in [7, 11) is 1.65. The van der Waals surface area contributed by atoms with Gasteiger partial charge in [0.05, 0.1) is 12.5 Å². The highest BCUT2D eigenvalue weighted by atomic mass is 16.5. The molecule has 0 aromatic heterocycles. The second-order valence-corrected chi connectivity index (χ2v) is 6.96. The Hall–Kier alpha value is -2.29. The van der Waals surface area contributed by atoms with Crippen LogP contribution in [-0.4, -0.2) is 13.0 Å². The van der Waals surface area contributed by atoms with Gasteiger partial charge in [-0.15, -0.1) is 0 Å². The van der Waals surface area contributed by atoms with Gasteiger partial charge in [-0.3, -0.25) is 4.79 Å². The SMILES string of the molecule is COc1ccc(C2(C(=O)Nc3c(C)cccc3C(C)C)CC2)cc1. The molecule has 0 saturated heterocycles. The Bertz CT molecular complexity index is 743. The quantitative estimate of drug-likeness (QED) is 0.858. The van der Waals surface area contributed by atoms with Crippen molar-refractivity contribution in [3.63, 3.8) is 0 Å². The van der Waals surface area contributed by atoms with E-state index in [2.05, 4.69) is 44.3 Å². The highest BCUT2D eigenvalue weighted by molar-refractivity contribution is 6.02. The maximum Gasteiger partial charge on any atom is 0.235 e. The number of methoxy groups -OCH3 is 1. The molecule has 2 aromatic carbocycles. The van der Waals surface area contributed by atoms with Crippen LogP contribution >= 0.6 is 0 Å². The third kappa shape index (κ3) is 2.91. The molecule has 3 heteroatoms. The molecule has 0 heterocycles. The lowest BCUT2D eigenvalue weighted by Crippen LogP contribution is -2.28. The summed E-state index contributed by atoms with van der Waals surface area (Å²) in [6, 6.07) is 14.1. The number of ether oxygens (including phenoxy) is 1. The van der Waals surface area contributed by atoms with E-state index in [4.69, 9.17) is 4.74 Å². The summed E-state index contributed by atoms with van der Waals surface area (Å²) in [6.45, 7) is 6.36. The van der Waals surface area contributed by atoms with Gasteiger partial charge in [-0.25, -0.2) is 0 Å². The van der Waals surface area contributed by atoms with Crippen LogP contribution in [0.15, 0.2) is 42.5 Å². The highest BCUT2D eigenvalue weighted by Gasteiger charge is 2.51. The topological polar surface area (TPSA) is 38.3 Å². The molecule has 126 valence electrons. The first-order valence-corrected chi connectivity index (χ1v) is 8.53. The van der Waals surface area contributed by atoms with Crippen molar-refractivity contribution in [3.05, 3.63) is 59.2 Å². The minimum absolute atomic E-state index is 0.101. The van der Waals surface area contributed by atoms with Gasteiger partial charge in [0, 0.05) is 5.69 Å². The number of hydrogen-bond donors (Lipinski definition) is 1. The average Bonchev–Trinajstić information content (AvgIpc) is 3.38. The fraction of sp³-hybridized carbons (Fsp3) is 0.381. The Morgan fingerprint density at radius 3 is 2.33 bits per heavy atom. The maximum absolute atomic E-state index is 13.0. The van der Waals surface area contributed by atoms with Crippen molar-refractivity contribution in [1.82, 2.24) is 0 Å². The van der Waals surface area contributed by atoms with Crippen LogP contribution in [0, 0.1) is 6.92 Å². The third-order valence-corrected chi connectivity index (χ3v) is 4.99. The number of rotatable bonds is 5. The summed E-state index contributed by atoms with van der Waals surface area (Å²) in [5.74, 6) is 1.29. The lowest BCUT2D eigenvalue weighted by molar-refractivity contribution is -0.118. The van der Waals surface area contributed by atoms with Crippen molar-refractivity contribution in [3.8, 4) is 5.75 Å². The zero-order chi connectivity index (χ0) is 17.3. The fourth-order valence-electron chi connectivity index (χ4n) is 3.26. The average molecular weight is 323 g/mol. The molecule has 1 amide bonds. The number of amides is 1. The van der Waals surface area contributed by atoms with Crippen molar-refractivity contribution in [2.75, 3.05) is 12.4 Å². The minimum Gasteiger partial charge on any atom is -0.497 e. The van der Waals surface area contributed by atoms with Crippen LogP contribution in [0.4, 0.5) is 5.69 Å². The van der Waals surface area contributed by atoms with Crippen molar-refractivity contribution in [2.24, 2.45) is 0 Å². The van der Waals surface area contributed by atoms with E-state index in [1.807, 2.05) is 24.3 Å². The monoisotopic (exact) mass is 323 g/mol. The number of para-hydroxylation sites is 1.